The van der Waals surface area contributed by atoms with Crippen molar-refractivity contribution in [2.24, 2.45) is 7.05 Å². The van der Waals surface area contributed by atoms with Crippen LogP contribution in [-0.2, 0) is 13.6 Å². The van der Waals surface area contributed by atoms with Crippen LogP contribution in [-0.4, -0.2) is 27.2 Å². The number of rotatable bonds is 6. The number of amides is 1. The molecule has 0 saturated heterocycles. The molecule has 6 heteroatoms. The van der Waals surface area contributed by atoms with E-state index in [2.05, 4.69) is 27.6 Å². The smallest absolute Gasteiger partial charge is 0.253 e. The van der Waals surface area contributed by atoms with E-state index in [0.717, 1.165) is 24.2 Å². The summed E-state index contributed by atoms with van der Waals surface area (Å²) in [7, 11) is 1.80. The molecule has 1 aromatic heterocycles. The zero-order valence-electron chi connectivity index (χ0n) is 12.7. The number of hydrogen-bond acceptors (Lipinski definition) is 4. The Balaban J connectivity index is 2.08. The van der Waals surface area contributed by atoms with Gasteiger partial charge < -0.3 is 10.6 Å². The summed E-state index contributed by atoms with van der Waals surface area (Å²) in [4.78, 5) is 16.4. The molecule has 1 heterocycles. The van der Waals surface area contributed by atoms with Gasteiger partial charge in [0.25, 0.3) is 5.91 Å². The maximum atomic E-state index is 12.3. The summed E-state index contributed by atoms with van der Waals surface area (Å²) in [5.74, 6) is 0.478. The molecule has 0 radical (unpaired) electrons. The SMILES string of the molecule is CCCNc1ccc(C)cc1C(=O)NCc1ncn(C)n1. The van der Waals surface area contributed by atoms with Crippen LogP contribution in [0.5, 0.6) is 0 Å². The monoisotopic (exact) mass is 287 g/mol. The van der Waals surface area contributed by atoms with Crippen molar-refractivity contribution in [3.8, 4) is 0 Å². The number of hydrogen-bond donors (Lipinski definition) is 2. The van der Waals surface area contributed by atoms with Gasteiger partial charge in [0.1, 0.15) is 6.33 Å². The van der Waals surface area contributed by atoms with Gasteiger partial charge in [-0.15, -0.1) is 0 Å². The minimum absolute atomic E-state index is 0.121. The largest absolute Gasteiger partial charge is 0.384 e. The Bertz CT molecular complexity index is 620. The first-order valence-electron chi connectivity index (χ1n) is 7.07. The van der Waals surface area contributed by atoms with E-state index in [-0.39, 0.29) is 5.91 Å². The molecule has 112 valence electrons. The zero-order valence-corrected chi connectivity index (χ0v) is 12.7. The lowest BCUT2D eigenvalue weighted by atomic mass is 10.1. The van der Waals surface area contributed by atoms with Crippen molar-refractivity contribution in [2.75, 3.05) is 11.9 Å². The molecule has 0 saturated carbocycles. The molecule has 2 N–H and O–H groups in total. The van der Waals surface area contributed by atoms with Crippen LogP contribution in [0.3, 0.4) is 0 Å². The third-order valence-electron chi connectivity index (χ3n) is 3.04. The summed E-state index contributed by atoms with van der Waals surface area (Å²) in [5.41, 5.74) is 2.56. The van der Waals surface area contributed by atoms with E-state index in [9.17, 15) is 4.79 Å². The van der Waals surface area contributed by atoms with Crippen LogP contribution < -0.4 is 10.6 Å². The molecule has 0 bridgehead atoms. The van der Waals surface area contributed by atoms with Gasteiger partial charge in [-0.05, 0) is 25.5 Å². The van der Waals surface area contributed by atoms with Crippen LogP contribution in [0, 0.1) is 6.92 Å². The molecule has 0 aliphatic heterocycles. The number of nitrogens with one attached hydrogen (secondary N) is 2. The van der Waals surface area contributed by atoms with E-state index in [1.165, 1.54) is 0 Å². The van der Waals surface area contributed by atoms with E-state index in [0.29, 0.717) is 17.9 Å². The Hall–Kier alpha value is -2.37. The Morgan fingerprint density at radius 2 is 2.19 bits per heavy atom. The van der Waals surface area contributed by atoms with Crippen LogP contribution in [0.2, 0.25) is 0 Å². The Labute approximate surface area is 124 Å². The van der Waals surface area contributed by atoms with Gasteiger partial charge in [0, 0.05) is 19.3 Å². The van der Waals surface area contributed by atoms with Gasteiger partial charge in [0.05, 0.1) is 12.1 Å². The number of carbonyl (C=O) groups is 1. The molecule has 2 aromatic rings. The van der Waals surface area contributed by atoms with Crippen molar-refractivity contribution >= 4 is 11.6 Å². The quantitative estimate of drug-likeness (QED) is 0.851. The first kappa shape index (κ1) is 15.0. The second-order valence-electron chi connectivity index (χ2n) is 4.99. The van der Waals surface area contributed by atoms with Crippen LogP contribution >= 0.6 is 0 Å². The lowest BCUT2D eigenvalue weighted by Gasteiger charge is -2.12. The highest BCUT2D eigenvalue weighted by atomic mass is 16.1. The van der Waals surface area contributed by atoms with Gasteiger partial charge >= 0.3 is 0 Å². The molecule has 2 rings (SSSR count). The maximum Gasteiger partial charge on any atom is 0.253 e. The van der Waals surface area contributed by atoms with E-state index >= 15 is 0 Å². The fourth-order valence-corrected chi connectivity index (χ4v) is 1.98. The predicted molar refractivity (Wildman–Crippen MR) is 82.1 cm³/mol. The lowest BCUT2D eigenvalue weighted by Crippen LogP contribution is -2.24. The number of aryl methyl sites for hydroxylation is 2. The van der Waals surface area contributed by atoms with Crippen molar-refractivity contribution in [1.29, 1.82) is 0 Å². The summed E-state index contributed by atoms with van der Waals surface area (Å²) in [5, 5.41) is 10.3. The van der Waals surface area contributed by atoms with Crippen molar-refractivity contribution in [1.82, 2.24) is 20.1 Å². The second kappa shape index (κ2) is 6.88. The predicted octanol–water partition coefficient (Wildman–Crippen LogP) is 1.88. The second-order valence-corrected chi connectivity index (χ2v) is 4.99. The summed E-state index contributed by atoms with van der Waals surface area (Å²) in [6, 6.07) is 5.83. The zero-order chi connectivity index (χ0) is 15.2. The number of carbonyl (C=O) groups excluding carboxylic acids is 1. The van der Waals surface area contributed by atoms with Gasteiger partial charge in [-0.1, -0.05) is 18.6 Å². The van der Waals surface area contributed by atoms with Gasteiger partial charge in [-0.2, -0.15) is 5.10 Å². The molecule has 0 aliphatic carbocycles. The van der Waals surface area contributed by atoms with E-state index in [1.807, 2.05) is 25.1 Å². The van der Waals surface area contributed by atoms with Gasteiger partial charge in [0.2, 0.25) is 0 Å². The average molecular weight is 287 g/mol. The Morgan fingerprint density at radius 1 is 1.38 bits per heavy atom. The molecular formula is C15H21N5O. The number of aromatic nitrogens is 3. The first-order chi connectivity index (χ1) is 10.1. The topological polar surface area (TPSA) is 71.8 Å². The highest BCUT2D eigenvalue weighted by Crippen LogP contribution is 2.17. The highest BCUT2D eigenvalue weighted by Gasteiger charge is 2.12. The standard InChI is InChI=1S/C15H21N5O/c1-4-7-16-13-6-5-11(2)8-12(13)15(21)17-9-14-18-10-20(3)19-14/h5-6,8,10,16H,4,7,9H2,1-3H3,(H,17,21). The minimum Gasteiger partial charge on any atom is -0.384 e. The van der Waals surface area contributed by atoms with Crippen molar-refractivity contribution in [2.45, 2.75) is 26.8 Å². The molecule has 0 fully saturated rings. The molecule has 0 atom stereocenters. The molecular weight excluding hydrogens is 266 g/mol. The summed E-state index contributed by atoms with van der Waals surface area (Å²) in [6.07, 6.45) is 2.62. The van der Waals surface area contributed by atoms with Gasteiger partial charge in [-0.25, -0.2) is 4.98 Å². The molecule has 1 amide bonds. The summed E-state index contributed by atoms with van der Waals surface area (Å²) in [6.45, 7) is 5.22. The molecule has 0 unspecified atom stereocenters. The fraction of sp³-hybridized carbons (Fsp3) is 0.400. The van der Waals surface area contributed by atoms with Crippen molar-refractivity contribution in [3.05, 3.63) is 41.5 Å². The van der Waals surface area contributed by atoms with Crippen LogP contribution in [0.4, 0.5) is 5.69 Å². The van der Waals surface area contributed by atoms with Crippen LogP contribution in [0.1, 0.15) is 35.1 Å². The molecule has 0 spiro atoms. The average Bonchev–Trinajstić information content (AvgIpc) is 2.89. The highest BCUT2D eigenvalue weighted by molar-refractivity contribution is 5.99. The lowest BCUT2D eigenvalue weighted by molar-refractivity contribution is 0.0950. The molecule has 21 heavy (non-hydrogen) atoms. The van der Waals surface area contributed by atoms with Crippen LogP contribution in [0.15, 0.2) is 24.5 Å². The number of benzene rings is 1. The summed E-state index contributed by atoms with van der Waals surface area (Å²) >= 11 is 0. The van der Waals surface area contributed by atoms with E-state index < -0.39 is 0 Å². The Morgan fingerprint density at radius 3 is 2.86 bits per heavy atom. The normalized spacial score (nSPS) is 10.4. The number of anilines is 1. The van der Waals surface area contributed by atoms with Gasteiger partial charge in [-0.3, -0.25) is 9.48 Å². The Kier molecular flexibility index (Phi) is 4.92. The molecule has 1 aromatic carbocycles. The fourth-order valence-electron chi connectivity index (χ4n) is 1.98. The third-order valence-corrected chi connectivity index (χ3v) is 3.04. The van der Waals surface area contributed by atoms with Crippen molar-refractivity contribution in [3.63, 3.8) is 0 Å². The van der Waals surface area contributed by atoms with Gasteiger partial charge in [0.15, 0.2) is 5.82 Å². The van der Waals surface area contributed by atoms with Crippen molar-refractivity contribution < 1.29 is 4.79 Å². The number of nitrogens with zero attached hydrogens (tertiary/aromatic N) is 3. The van der Waals surface area contributed by atoms with E-state index in [4.69, 9.17) is 0 Å². The van der Waals surface area contributed by atoms with E-state index in [1.54, 1.807) is 18.1 Å². The maximum absolute atomic E-state index is 12.3. The third kappa shape index (κ3) is 4.05. The minimum atomic E-state index is -0.121. The molecule has 6 nitrogen and oxygen atoms in total. The molecule has 0 aliphatic rings. The summed E-state index contributed by atoms with van der Waals surface area (Å²) < 4.78 is 1.61. The van der Waals surface area contributed by atoms with Crippen LogP contribution in [0.25, 0.3) is 0 Å². The first-order valence-corrected chi connectivity index (χ1v) is 7.07.